The summed E-state index contributed by atoms with van der Waals surface area (Å²) in [6.07, 6.45) is 6.94. The Balaban J connectivity index is 1.87. The number of hydrogen-bond acceptors (Lipinski definition) is 3. The Morgan fingerprint density at radius 2 is 2.10 bits per heavy atom. The maximum Gasteiger partial charge on any atom is 0.244 e. The molecule has 0 bridgehead atoms. The quantitative estimate of drug-likeness (QED) is 0.906. The standard InChI is InChI=1S/C15H24N2O3S/c1-2-12-4-3-7-16(9-12)21(19,20)15-8-14(11-18)17(10-15)13-5-6-13/h8,10,12-13,18H,2-7,9,11H2,1H3. The molecular weight excluding hydrogens is 288 g/mol. The van der Waals surface area contributed by atoms with E-state index in [0.717, 1.165) is 32.1 Å². The summed E-state index contributed by atoms with van der Waals surface area (Å²) in [6.45, 7) is 3.25. The van der Waals surface area contributed by atoms with E-state index in [1.165, 1.54) is 0 Å². The largest absolute Gasteiger partial charge is 0.390 e. The molecular formula is C15H24N2O3S. The number of rotatable bonds is 5. The first kappa shape index (κ1) is 15.1. The third-order valence-electron chi connectivity index (χ3n) is 4.71. The average molecular weight is 312 g/mol. The van der Waals surface area contributed by atoms with Gasteiger partial charge in [-0.2, -0.15) is 4.31 Å². The van der Waals surface area contributed by atoms with Crippen molar-refractivity contribution in [1.82, 2.24) is 8.87 Å². The molecule has 0 aromatic carbocycles. The molecule has 2 fully saturated rings. The minimum Gasteiger partial charge on any atom is -0.390 e. The number of sulfonamides is 1. The number of aromatic nitrogens is 1. The van der Waals surface area contributed by atoms with E-state index in [1.54, 1.807) is 16.6 Å². The lowest BCUT2D eigenvalue weighted by molar-refractivity contribution is 0.261. The molecule has 1 saturated carbocycles. The molecule has 1 aromatic heterocycles. The Hall–Kier alpha value is -0.850. The van der Waals surface area contributed by atoms with Gasteiger partial charge < -0.3 is 9.67 Å². The minimum atomic E-state index is -3.42. The SMILES string of the molecule is CCC1CCCN(S(=O)(=O)c2cc(CO)n(C3CC3)c2)C1. The van der Waals surface area contributed by atoms with Gasteiger partial charge in [0, 0.05) is 31.0 Å². The molecule has 2 aliphatic rings. The van der Waals surface area contributed by atoms with Gasteiger partial charge in [0.25, 0.3) is 0 Å². The molecule has 21 heavy (non-hydrogen) atoms. The van der Waals surface area contributed by atoms with Gasteiger partial charge in [0.2, 0.25) is 10.0 Å². The summed E-state index contributed by atoms with van der Waals surface area (Å²) < 4.78 is 29.2. The van der Waals surface area contributed by atoms with Gasteiger partial charge in [-0.05, 0) is 37.7 Å². The predicted molar refractivity (Wildman–Crippen MR) is 80.4 cm³/mol. The summed E-state index contributed by atoms with van der Waals surface area (Å²) in [4.78, 5) is 0.343. The zero-order valence-electron chi connectivity index (χ0n) is 12.5. The molecule has 0 radical (unpaired) electrons. The van der Waals surface area contributed by atoms with Gasteiger partial charge in [-0.3, -0.25) is 0 Å². The Labute approximate surface area is 126 Å². The minimum absolute atomic E-state index is 0.108. The second-order valence-corrected chi connectivity index (χ2v) is 8.18. The molecule has 1 N–H and O–H groups in total. The van der Waals surface area contributed by atoms with Crippen LogP contribution in [0.2, 0.25) is 0 Å². The summed E-state index contributed by atoms with van der Waals surface area (Å²) in [5, 5.41) is 9.44. The van der Waals surface area contributed by atoms with Crippen molar-refractivity contribution in [3.8, 4) is 0 Å². The van der Waals surface area contributed by atoms with Crippen molar-refractivity contribution in [2.24, 2.45) is 5.92 Å². The highest BCUT2D eigenvalue weighted by Crippen LogP contribution is 2.38. The average Bonchev–Trinajstić information content (AvgIpc) is 3.25. The van der Waals surface area contributed by atoms with E-state index >= 15 is 0 Å². The molecule has 0 amide bonds. The lowest BCUT2D eigenvalue weighted by Gasteiger charge is -2.31. The fourth-order valence-electron chi connectivity index (χ4n) is 3.18. The zero-order valence-corrected chi connectivity index (χ0v) is 13.3. The molecule has 0 spiro atoms. The maximum absolute atomic E-state index is 12.8. The van der Waals surface area contributed by atoms with E-state index in [0.29, 0.717) is 35.6 Å². The summed E-state index contributed by atoms with van der Waals surface area (Å²) in [7, 11) is -3.42. The highest BCUT2D eigenvalue weighted by molar-refractivity contribution is 7.89. The number of nitrogens with zero attached hydrogens (tertiary/aromatic N) is 2. The highest BCUT2D eigenvalue weighted by atomic mass is 32.2. The van der Waals surface area contributed by atoms with Gasteiger partial charge in [-0.15, -0.1) is 0 Å². The monoisotopic (exact) mass is 312 g/mol. The van der Waals surface area contributed by atoms with Crippen LogP contribution in [0.3, 0.4) is 0 Å². The smallest absolute Gasteiger partial charge is 0.244 e. The van der Waals surface area contributed by atoms with E-state index < -0.39 is 10.0 Å². The van der Waals surface area contributed by atoms with Crippen LogP contribution in [0, 0.1) is 5.92 Å². The second-order valence-electron chi connectivity index (χ2n) is 6.24. The topological polar surface area (TPSA) is 62.5 Å². The first-order valence-electron chi connectivity index (χ1n) is 7.88. The molecule has 2 heterocycles. The molecule has 1 unspecified atom stereocenters. The fraction of sp³-hybridized carbons (Fsp3) is 0.733. The lowest BCUT2D eigenvalue weighted by Crippen LogP contribution is -2.39. The van der Waals surface area contributed by atoms with Crippen molar-refractivity contribution >= 4 is 10.0 Å². The van der Waals surface area contributed by atoms with Crippen LogP contribution in [0.1, 0.15) is 50.8 Å². The number of hydrogen-bond donors (Lipinski definition) is 1. The van der Waals surface area contributed by atoms with Crippen molar-refractivity contribution in [2.75, 3.05) is 13.1 Å². The molecule has 1 aromatic rings. The number of aliphatic hydroxyl groups excluding tert-OH is 1. The van der Waals surface area contributed by atoms with Crippen molar-refractivity contribution in [3.05, 3.63) is 18.0 Å². The number of aliphatic hydroxyl groups is 1. The van der Waals surface area contributed by atoms with E-state index in [2.05, 4.69) is 6.92 Å². The Kier molecular flexibility index (Phi) is 4.12. The maximum atomic E-state index is 12.8. The Morgan fingerprint density at radius 1 is 1.33 bits per heavy atom. The normalized spacial score (nSPS) is 24.4. The first-order chi connectivity index (χ1) is 10.1. The van der Waals surface area contributed by atoms with Crippen LogP contribution >= 0.6 is 0 Å². The van der Waals surface area contributed by atoms with E-state index in [1.807, 2.05) is 4.57 Å². The number of piperidine rings is 1. The third-order valence-corrected chi connectivity index (χ3v) is 6.54. The predicted octanol–water partition coefficient (Wildman–Crippen LogP) is 2.13. The Bertz CT molecular complexity index is 604. The molecule has 1 aliphatic carbocycles. The van der Waals surface area contributed by atoms with Crippen LogP contribution < -0.4 is 0 Å². The molecule has 1 saturated heterocycles. The summed E-state index contributed by atoms with van der Waals surface area (Å²) >= 11 is 0. The molecule has 5 nitrogen and oxygen atoms in total. The van der Waals surface area contributed by atoms with Crippen LogP contribution in [-0.4, -0.2) is 35.5 Å². The van der Waals surface area contributed by atoms with E-state index in [4.69, 9.17) is 0 Å². The fourth-order valence-corrected chi connectivity index (χ4v) is 4.79. The third kappa shape index (κ3) is 2.89. The molecule has 1 aliphatic heterocycles. The molecule has 6 heteroatoms. The van der Waals surface area contributed by atoms with Gasteiger partial charge in [-0.25, -0.2) is 8.42 Å². The molecule has 3 rings (SSSR count). The Morgan fingerprint density at radius 3 is 2.71 bits per heavy atom. The van der Waals surface area contributed by atoms with Crippen molar-refractivity contribution in [1.29, 1.82) is 0 Å². The summed E-state index contributed by atoms with van der Waals surface area (Å²) in [5.74, 6) is 0.469. The van der Waals surface area contributed by atoms with Gasteiger partial charge in [0.05, 0.1) is 6.61 Å². The van der Waals surface area contributed by atoms with Crippen molar-refractivity contribution < 1.29 is 13.5 Å². The second kappa shape index (κ2) is 5.74. The van der Waals surface area contributed by atoms with Gasteiger partial charge in [0.1, 0.15) is 4.90 Å². The summed E-state index contributed by atoms with van der Waals surface area (Å²) in [6, 6.07) is 2.02. The molecule has 118 valence electrons. The van der Waals surface area contributed by atoms with E-state index in [9.17, 15) is 13.5 Å². The lowest BCUT2D eigenvalue weighted by atomic mass is 9.97. The highest BCUT2D eigenvalue weighted by Gasteiger charge is 2.33. The van der Waals surface area contributed by atoms with E-state index in [-0.39, 0.29) is 6.61 Å². The van der Waals surface area contributed by atoms with Crippen molar-refractivity contribution in [3.63, 3.8) is 0 Å². The van der Waals surface area contributed by atoms with Crippen LogP contribution in [-0.2, 0) is 16.6 Å². The van der Waals surface area contributed by atoms with Gasteiger partial charge in [-0.1, -0.05) is 13.3 Å². The van der Waals surface area contributed by atoms with Gasteiger partial charge in [0.15, 0.2) is 0 Å². The van der Waals surface area contributed by atoms with Crippen molar-refractivity contribution in [2.45, 2.75) is 56.6 Å². The van der Waals surface area contributed by atoms with Crippen LogP contribution in [0.4, 0.5) is 0 Å². The van der Waals surface area contributed by atoms with Gasteiger partial charge >= 0.3 is 0 Å². The van der Waals surface area contributed by atoms with Crippen LogP contribution in [0.25, 0.3) is 0 Å². The summed E-state index contributed by atoms with van der Waals surface area (Å²) in [5.41, 5.74) is 0.708. The zero-order chi connectivity index (χ0) is 15.0. The van der Waals surface area contributed by atoms with Crippen LogP contribution in [0.15, 0.2) is 17.2 Å². The molecule has 1 atom stereocenters. The first-order valence-corrected chi connectivity index (χ1v) is 9.32. The van der Waals surface area contributed by atoms with Crippen LogP contribution in [0.5, 0.6) is 0 Å².